The Morgan fingerprint density at radius 3 is 2.75 bits per heavy atom. The van der Waals surface area contributed by atoms with Crippen LogP contribution in [0.25, 0.3) is 11.4 Å². The van der Waals surface area contributed by atoms with Gasteiger partial charge in [0, 0.05) is 16.6 Å². The summed E-state index contributed by atoms with van der Waals surface area (Å²) in [5.41, 5.74) is 1.19. The number of nitrogens with one attached hydrogen (secondary N) is 1. The fraction of sp³-hybridized carbons (Fsp3) is 0.188. The largest absolute Gasteiger partial charge is 0.389 e. The van der Waals surface area contributed by atoms with Crippen molar-refractivity contribution in [2.24, 2.45) is 0 Å². The van der Waals surface area contributed by atoms with Crippen molar-refractivity contribution in [3.8, 4) is 11.4 Å². The predicted octanol–water partition coefficient (Wildman–Crippen LogP) is 2.71. The number of rotatable bonds is 6. The lowest BCUT2D eigenvalue weighted by atomic mass is 10.2. The third-order valence-electron chi connectivity index (χ3n) is 3.41. The quantitative estimate of drug-likeness (QED) is 0.675. The van der Waals surface area contributed by atoms with E-state index in [-0.39, 0.29) is 18.9 Å². The van der Waals surface area contributed by atoms with Crippen LogP contribution in [-0.4, -0.2) is 38.0 Å². The van der Waals surface area contributed by atoms with Gasteiger partial charge in [0.05, 0.1) is 18.3 Å². The fourth-order valence-electron chi connectivity index (χ4n) is 2.25. The highest BCUT2D eigenvalue weighted by molar-refractivity contribution is 9.10. The van der Waals surface area contributed by atoms with E-state index in [1.54, 1.807) is 12.1 Å². The summed E-state index contributed by atoms with van der Waals surface area (Å²) in [5.74, 6) is 0.188. The standard InChI is InChI=1S/C16H15BrFN5O/c17-12-6-7-15(14(18)8-12)19-9-13(24)10-23-16(20-21-22-23)11-4-2-1-3-5-11/h1-8,13,19,24H,9-10H2. The molecule has 0 fully saturated rings. The predicted molar refractivity (Wildman–Crippen MR) is 91.8 cm³/mol. The van der Waals surface area contributed by atoms with E-state index in [1.165, 1.54) is 10.7 Å². The Hall–Kier alpha value is -2.32. The molecule has 0 radical (unpaired) electrons. The van der Waals surface area contributed by atoms with Crippen LogP contribution >= 0.6 is 15.9 Å². The van der Waals surface area contributed by atoms with E-state index in [9.17, 15) is 9.50 Å². The summed E-state index contributed by atoms with van der Waals surface area (Å²) in [6.07, 6.45) is -0.779. The number of tetrazole rings is 1. The normalized spacial score (nSPS) is 12.1. The number of nitrogens with zero attached hydrogens (tertiary/aromatic N) is 4. The van der Waals surface area contributed by atoms with Crippen molar-refractivity contribution in [2.75, 3.05) is 11.9 Å². The van der Waals surface area contributed by atoms with Crippen molar-refractivity contribution >= 4 is 21.6 Å². The van der Waals surface area contributed by atoms with Crippen molar-refractivity contribution in [3.63, 3.8) is 0 Å². The average Bonchev–Trinajstić information content (AvgIpc) is 3.03. The minimum atomic E-state index is -0.779. The van der Waals surface area contributed by atoms with Crippen LogP contribution in [0, 0.1) is 5.82 Å². The number of hydrogen-bond acceptors (Lipinski definition) is 5. The van der Waals surface area contributed by atoms with Gasteiger partial charge in [-0.1, -0.05) is 46.3 Å². The van der Waals surface area contributed by atoms with Crippen molar-refractivity contribution < 1.29 is 9.50 Å². The van der Waals surface area contributed by atoms with E-state index in [1.807, 2.05) is 30.3 Å². The van der Waals surface area contributed by atoms with Crippen molar-refractivity contribution in [3.05, 3.63) is 58.8 Å². The molecule has 8 heteroatoms. The molecule has 1 unspecified atom stereocenters. The molecule has 3 aromatic rings. The fourth-order valence-corrected chi connectivity index (χ4v) is 2.58. The van der Waals surface area contributed by atoms with E-state index < -0.39 is 6.10 Å². The molecule has 6 nitrogen and oxygen atoms in total. The molecule has 0 amide bonds. The zero-order chi connectivity index (χ0) is 16.9. The smallest absolute Gasteiger partial charge is 0.182 e. The molecule has 124 valence electrons. The number of aliphatic hydroxyl groups excluding tert-OH is 1. The summed E-state index contributed by atoms with van der Waals surface area (Å²) in [5, 5.41) is 24.6. The second-order valence-corrected chi connectivity index (χ2v) is 6.13. The molecule has 0 saturated carbocycles. The molecule has 0 aliphatic heterocycles. The third kappa shape index (κ3) is 3.95. The topological polar surface area (TPSA) is 75.9 Å². The number of aromatic nitrogens is 4. The molecule has 2 aromatic carbocycles. The molecule has 3 rings (SSSR count). The Balaban J connectivity index is 1.64. The Labute approximate surface area is 146 Å². The van der Waals surface area contributed by atoms with Crippen LogP contribution in [0.1, 0.15) is 0 Å². The lowest BCUT2D eigenvalue weighted by Gasteiger charge is -2.14. The molecule has 1 heterocycles. The molecule has 1 aromatic heterocycles. The molecule has 2 N–H and O–H groups in total. The van der Waals surface area contributed by atoms with Crippen LogP contribution in [0.4, 0.5) is 10.1 Å². The van der Waals surface area contributed by atoms with Gasteiger partial charge in [-0.3, -0.25) is 0 Å². The number of hydrogen-bond donors (Lipinski definition) is 2. The van der Waals surface area contributed by atoms with Crippen LogP contribution in [0.5, 0.6) is 0 Å². The first-order chi connectivity index (χ1) is 11.6. The molecule has 0 saturated heterocycles. The van der Waals surface area contributed by atoms with Gasteiger partial charge >= 0.3 is 0 Å². The zero-order valence-corrected chi connectivity index (χ0v) is 14.2. The molecule has 1 atom stereocenters. The highest BCUT2D eigenvalue weighted by Crippen LogP contribution is 2.19. The molecule has 0 bridgehead atoms. The molecule has 24 heavy (non-hydrogen) atoms. The zero-order valence-electron chi connectivity index (χ0n) is 12.6. The number of benzene rings is 2. The van der Waals surface area contributed by atoms with Gasteiger partial charge < -0.3 is 10.4 Å². The summed E-state index contributed by atoms with van der Waals surface area (Å²) >= 11 is 3.20. The van der Waals surface area contributed by atoms with Crippen LogP contribution in [0.3, 0.4) is 0 Å². The monoisotopic (exact) mass is 391 g/mol. The van der Waals surface area contributed by atoms with Crippen molar-refractivity contribution in [1.82, 2.24) is 20.2 Å². The van der Waals surface area contributed by atoms with Gasteiger partial charge in [0.25, 0.3) is 0 Å². The van der Waals surface area contributed by atoms with Crippen LogP contribution in [0.15, 0.2) is 53.0 Å². The number of aliphatic hydroxyl groups is 1. The van der Waals surface area contributed by atoms with E-state index in [0.717, 1.165) is 5.56 Å². The first-order valence-electron chi connectivity index (χ1n) is 7.32. The minimum Gasteiger partial charge on any atom is -0.389 e. The molecular weight excluding hydrogens is 377 g/mol. The van der Waals surface area contributed by atoms with Gasteiger partial charge in [0.15, 0.2) is 5.82 Å². The average molecular weight is 392 g/mol. The minimum absolute atomic E-state index is 0.173. The summed E-state index contributed by atoms with van der Waals surface area (Å²) in [4.78, 5) is 0. The van der Waals surface area contributed by atoms with Crippen LogP contribution in [0.2, 0.25) is 0 Å². The van der Waals surface area contributed by atoms with E-state index >= 15 is 0 Å². The summed E-state index contributed by atoms with van der Waals surface area (Å²) < 4.78 is 15.9. The van der Waals surface area contributed by atoms with Gasteiger partial charge in [-0.15, -0.1) is 5.10 Å². The maximum Gasteiger partial charge on any atom is 0.182 e. The van der Waals surface area contributed by atoms with Gasteiger partial charge in [-0.2, -0.15) is 0 Å². The summed E-state index contributed by atoms with van der Waals surface area (Å²) in [6.45, 7) is 0.370. The Kier molecular flexibility index (Phi) is 5.17. The number of anilines is 1. The van der Waals surface area contributed by atoms with E-state index in [4.69, 9.17) is 0 Å². The van der Waals surface area contributed by atoms with Gasteiger partial charge in [-0.25, -0.2) is 9.07 Å². The van der Waals surface area contributed by atoms with E-state index in [0.29, 0.717) is 16.0 Å². The second-order valence-electron chi connectivity index (χ2n) is 5.21. The summed E-state index contributed by atoms with van der Waals surface area (Å²) in [6, 6.07) is 14.2. The first kappa shape index (κ1) is 16.5. The lowest BCUT2D eigenvalue weighted by molar-refractivity contribution is 0.161. The lowest BCUT2D eigenvalue weighted by Crippen LogP contribution is -2.26. The van der Waals surface area contributed by atoms with Gasteiger partial charge in [0.1, 0.15) is 5.82 Å². The Morgan fingerprint density at radius 2 is 2.00 bits per heavy atom. The van der Waals surface area contributed by atoms with Crippen LogP contribution in [-0.2, 0) is 6.54 Å². The maximum absolute atomic E-state index is 13.8. The van der Waals surface area contributed by atoms with Gasteiger partial charge in [-0.05, 0) is 28.6 Å². The Morgan fingerprint density at radius 1 is 1.21 bits per heavy atom. The highest BCUT2D eigenvalue weighted by Gasteiger charge is 2.13. The first-order valence-corrected chi connectivity index (χ1v) is 8.11. The van der Waals surface area contributed by atoms with E-state index in [2.05, 4.69) is 36.8 Å². The SMILES string of the molecule is OC(CNc1ccc(Br)cc1F)Cn1nnnc1-c1ccccc1. The molecule has 0 spiro atoms. The highest BCUT2D eigenvalue weighted by atomic mass is 79.9. The molecule has 0 aliphatic rings. The maximum atomic E-state index is 13.8. The third-order valence-corrected chi connectivity index (χ3v) is 3.90. The second kappa shape index (κ2) is 7.50. The molecule has 0 aliphatic carbocycles. The van der Waals surface area contributed by atoms with Crippen molar-refractivity contribution in [1.29, 1.82) is 0 Å². The number of halogens is 2. The summed E-state index contributed by atoms with van der Waals surface area (Å²) in [7, 11) is 0. The van der Waals surface area contributed by atoms with Crippen molar-refractivity contribution in [2.45, 2.75) is 12.6 Å². The Bertz CT molecular complexity index is 811. The molecular formula is C16H15BrFN5O. The van der Waals surface area contributed by atoms with Gasteiger partial charge in [0.2, 0.25) is 0 Å². The van der Waals surface area contributed by atoms with Crippen LogP contribution < -0.4 is 5.32 Å².